The molecule has 2 atom stereocenters. The number of thioether (sulfide) groups is 1. The van der Waals surface area contributed by atoms with Crippen molar-refractivity contribution in [2.24, 2.45) is 0 Å². The second-order valence-corrected chi connectivity index (χ2v) is 8.21. The molecule has 0 unspecified atom stereocenters. The zero-order valence-electron chi connectivity index (χ0n) is 15.0. The Kier molecular flexibility index (Phi) is 4.18. The van der Waals surface area contributed by atoms with Crippen molar-refractivity contribution in [3.05, 3.63) is 41.1 Å². The highest BCUT2D eigenvalue weighted by molar-refractivity contribution is 8.00. The summed E-state index contributed by atoms with van der Waals surface area (Å²) in [6.07, 6.45) is 1.43. The second-order valence-electron chi connectivity index (χ2n) is 7.11. The van der Waals surface area contributed by atoms with E-state index in [0.29, 0.717) is 29.9 Å². The van der Waals surface area contributed by atoms with E-state index < -0.39 is 17.4 Å². The number of benzene rings is 1. The number of aliphatic carboxylic acids is 1. The molecule has 1 saturated carbocycles. The molecule has 0 spiro atoms. The Labute approximate surface area is 160 Å². The number of rotatable bonds is 5. The molecule has 1 aliphatic carbocycles. The Morgan fingerprint density at radius 3 is 2.74 bits per heavy atom. The van der Waals surface area contributed by atoms with Crippen LogP contribution in [0, 0.1) is 0 Å². The molecular formula is C19H20N2O5S. The molecule has 0 bridgehead atoms. The SMILES string of the molecule is COc1cccc(C2(C(=O)N[C@@H]3C(=O)N4C(C(=O)O)=C(C)CS[C@H]34)CC2)c1. The summed E-state index contributed by atoms with van der Waals surface area (Å²) in [5.74, 6) is -0.432. The highest BCUT2D eigenvalue weighted by Crippen LogP contribution is 2.50. The Morgan fingerprint density at radius 2 is 2.11 bits per heavy atom. The number of fused-ring (bicyclic) bond motifs is 1. The van der Waals surface area contributed by atoms with Crippen LogP contribution in [0.1, 0.15) is 25.3 Å². The summed E-state index contributed by atoms with van der Waals surface area (Å²) >= 11 is 1.48. The highest BCUT2D eigenvalue weighted by atomic mass is 32.2. The van der Waals surface area contributed by atoms with Gasteiger partial charge in [0.2, 0.25) is 5.91 Å². The van der Waals surface area contributed by atoms with Crippen LogP contribution in [0.5, 0.6) is 5.75 Å². The predicted molar refractivity (Wildman–Crippen MR) is 99.3 cm³/mol. The number of methoxy groups -OCH3 is 1. The fourth-order valence-electron chi connectivity index (χ4n) is 3.75. The fourth-order valence-corrected chi connectivity index (χ4v) is 5.04. The molecule has 4 rings (SSSR count). The lowest BCUT2D eigenvalue weighted by atomic mass is 9.93. The molecule has 2 N–H and O–H groups in total. The van der Waals surface area contributed by atoms with E-state index in [-0.39, 0.29) is 22.9 Å². The summed E-state index contributed by atoms with van der Waals surface area (Å²) in [4.78, 5) is 38.3. The summed E-state index contributed by atoms with van der Waals surface area (Å²) in [6, 6.07) is 6.74. The van der Waals surface area contributed by atoms with Crippen LogP contribution in [0.15, 0.2) is 35.5 Å². The maximum Gasteiger partial charge on any atom is 0.352 e. The van der Waals surface area contributed by atoms with E-state index in [9.17, 15) is 19.5 Å². The van der Waals surface area contributed by atoms with Gasteiger partial charge in [-0.3, -0.25) is 14.5 Å². The summed E-state index contributed by atoms with van der Waals surface area (Å²) in [6.45, 7) is 1.72. The number of hydrogen-bond donors (Lipinski definition) is 2. The van der Waals surface area contributed by atoms with E-state index in [2.05, 4.69) is 5.32 Å². The number of carboxylic acid groups (broad SMARTS) is 1. The van der Waals surface area contributed by atoms with E-state index in [1.54, 1.807) is 14.0 Å². The third-order valence-electron chi connectivity index (χ3n) is 5.46. The van der Waals surface area contributed by atoms with E-state index >= 15 is 0 Å². The molecule has 2 heterocycles. The number of amides is 2. The number of carbonyl (C=O) groups excluding carboxylic acids is 2. The van der Waals surface area contributed by atoms with Crippen LogP contribution in [-0.4, -0.2) is 52.1 Å². The predicted octanol–water partition coefficient (Wildman–Crippen LogP) is 1.49. The number of carbonyl (C=O) groups is 3. The number of β-lactam (4-membered cyclic amide) rings is 1. The molecule has 1 saturated heterocycles. The average molecular weight is 388 g/mol. The fraction of sp³-hybridized carbons (Fsp3) is 0.421. The van der Waals surface area contributed by atoms with Gasteiger partial charge in [-0.1, -0.05) is 12.1 Å². The first-order valence-corrected chi connectivity index (χ1v) is 9.77. The summed E-state index contributed by atoms with van der Waals surface area (Å²) in [7, 11) is 1.58. The Morgan fingerprint density at radius 1 is 1.37 bits per heavy atom. The molecule has 7 nitrogen and oxygen atoms in total. The molecule has 8 heteroatoms. The minimum Gasteiger partial charge on any atom is -0.497 e. The number of nitrogens with zero attached hydrogens (tertiary/aromatic N) is 1. The van der Waals surface area contributed by atoms with E-state index in [0.717, 1.165) is 5.56 Å². The van der Waals surface area contributed by atoms with Crippen molar-refractivity contribution in [3.8, 4) is 5.75 Å². The molecule has 2 amide bonds. The van der Waals surface area contributed by atoms with Gasteiger partial charge < -0.3 is 15.2 Å². The molecule has 27 heavy (non-hydrogen) atoms. The van der Waals surface area contributed by atoms with Gasteiger partial charge in [-0.15, -0.1) is 11.8 Å². The van der Waals surface area contributed by atoms with Gasteiger partial charge in [0.05, 0.1) is 12.5 Å². The highest BCUT2D eigenvalue weighted by Gasteiger charge is 2.57. The summed E-state index contributed by atoms with van der Waals surface area (Å²) < 4.78 is 5.25. The molecule has 1 aromatic rings. The van der Waals surface area contributed by atoms with Crippen molar-refractivity contribution in [3.63, 3.8) is 0 Å². The third-order valence-corrected chi connectivity index (χ3v) is 6.88. The number of nitrogens with one attached hydrogen (secondary N) is 1. The van der Waals surface area contributed by atoms with Crippen LogP contribution < -0.4 is 10.1 Å². The van der Waals surface area contributed by atoms with Gasteiger partial charge in [-0.2, -0.15) is 0 Å². The van der Waals surface area contributed by atoms with Crippen LogP contribution in [0.4, 0.5) is 0 Å². The zero-order chi connectivity index (χ0) is 19.3. The van der Waals surface area contributed by atoms with Crippen molar-refractivity contribution in [1.82, 2.24) is 10.2 Å². The van der Waals surface area contributed by atoms with Gasteiger partial charge in [0.1, 0.15) is 22.9 Å². The number of hydrogen-bond acceptors (Lipinski definition) is 5. The van der Waals surface area contributed by atoms with Gasteiger partial charge in [0.25, 0.3) is 5.91 Å². The Balaban J connectivity index is 1.52. The first-order chi connectivity index (χ1) is 12.9. The molecule has 2 aliphatic heterocycles. The maximum atomic E-state index is 13.0. The Hall–Kier alpha value is -2.48. The molecule has 3 aliphatic rings. The van der Waals surface area contributed by atoms with Crippen molar-refractivity contribution >= 4 is 29.5 Å². The van der Waals surface area contributed by atoms with Gasteiger partial charge in [-0.05, 0) is 43.0 Å². The first kappa shape index (κ1) is 17.9. The number of carboxylic acids is 1. The molecule has 142 valence electrons. The molecular weight excluding hydrogens is 368 g/mol. The molecule has 0 aromatic heterocycles. The quantitative estimate of drug-likeness (QED) is 0.742. The zero-order valence-corrected chi connectivity index (χ0v) is 15.8. The van der Waals surface area contributed by atoms with Crippen LogP contribution in [0.25, 0.3) is 0 Å². The molecule has 0 radical (unpaired) electrons. The van der Waals surface area contributed by atoms with Crippen molar-refractivity contribution < 1.29 is 24.2 Å². The maximum absolute atomic E-state index is 13.0. The lowest BCUT2D eigenvalue weighted by molar-refractivity contribution is -0.151. The lowest BCUT2D eigenvalue weighted by Gasteiger charge is -2.49. The first-order valence-electron chi connectivity index (χ1n) is 8.72. The minimum absolute atomic E-state index is 0.0446. The summed E-state index contributed by atoms with van der Waals surface area (Å²) in [5.41, 5.74) is 0.956. The van der Waals surface area contributed by atoms with Gasteiger partial charge in [-0.25, -0.2) is 4.79 Å². The van der Waals surface area contributed by atoms with Gasteiger partial charge >= 0.3 is 5.97 Å². The topological polar surface area (TPSA) is 95.9 Å². The lowest BCUT2D eigenvalue weighted by Crippen LogP contribution is -2.71. The summed E-state index contributed by atoms with van der Waals surface area (Å²) in [5, 5.41) is 11.9. The van der Waals surface area contributed by atoms with Crippen molar-refractivity contribution in [2.45, 2.75) is 36.6 Å². The molecule has 1 aromatic carbocycles. The monoisotopic (exact) mass is 388 g/mol. The van der Waals surface area contributed by atoms with Gasteiger partial charge in [0.15, 0.2) is 0 Å². The Bertz CT molecular complexity index is 877. The largest absolute Gasteiger partial charge is 0.497 e. The normalized spacial score (nSPS) is 25.4. The van der Waals surface area contributed by atoms with E-state index in [1.165, 1.54) is 16.7 Å². The average Bonchev–Trinajstić information content (AvgIpc) is 3.47. The van der Waals surface area contributed by atoms with Crippen LogP contribution in [0.2, 0.25) is 0 Å². The standard InChI is InChI=1S/C19H20N2O5S/c1-10-9-27-16-13(15(22)21(16)14(10)17(23)24)20-18(25)19(6-7-19)11-4-3-5-12(8-11)26-2/h3-5,8,13,16H,6-7,9H2,1-2H3,(H,20,25)(H,23,24)/t13-,16-/m1/s1. The van der Waals surface area contributed by atoms with Crippen molar-refractivity contribution in [2.75, 3.05) is 12.9 Å². The smallest absolute Gasteiger partial charge is 0.352 e. The number of ether oxygens (including phenoxy) is 1. The van der Waals surface area contributed by atoms with Crippen molar-refractivity contribution in [1.29, 1.82) is 0 Å². The minimum atomic E-state index is -1.11. The van der Waals surface area contributed by atoms with Gasteiger partial charge in [0, 0.05) is 5.75 Å². The van der Waals surface area contributed by atoms with E-state index in [4.69, 9.17) is 4.74 Å². The van der Waals surface area contributed by atoms with Crippen LogP contribution in [-0.2, 0) is 19.8 Å². The second kappa shape index (κ2) is 6.30. The van der Waals surface area contributed by atoms with Crippen LogP contribution >= 0.6 is 11.8 Å². The third kappa shape index (κ3) is 2.70. The van der Waals surface area contributed by atoms with Crippen LogP contribution in [0.3, 0.4) is 0 Å². The molecule has 2 fully saturated rings. The van der Waals surface area contributed by atoms with E-state index in [1.807, 2.05) is 24.3 Å².